The Bertz CT molecular complexity index is 721. The van der Waals surface area contributed by atoms with Crippen molar-refractivity contribution in [1.82, 2.24) is 14.9 Å². The van der Waals surface area contributed by atoms with E-state index in [4.69, 9.17) is 4.74 Å². The van der Waals surface area contributed by atoms with E-state index in [1.54, 1.807) is 12.4 Å². The van der Waals surface area contributed by atoms with E-state index in [0.717, 1.165) is 31.6 Å². The van der Waals surface area contributed by atoms with Gasteiger partial charge in [0.25, 0.3) is 0 Å². The van der Waals surface area contributed by atoms with E-state index in [1.165, 1.54) is 5.56 Å². The average Bonchev–Trinajstić information content (AvgIpc) is 3.11. The van der Waals surface area contributed by atoms with Gasteiger partial charge in [-0.3, -0.25) is 9.78 Å². The van der Waals surface area contributed by atoms with Crippen LogP contribution in [0.5, 0.6) is 5.88 Å². The first-order valence-electron chi connectivity index (χ1n) is 9.09. The highest BCUT2D eigenvalue weighted by Crippen LogP contribution is 2.19. The molecular formula is C20H26N4O2. The van der Waals surface area contributed by atoms with Crippen LogP contribution in [0.25, 0.3) is 0 Å². The Morgan fingerprint density at radius 2 is 2.08 bits per heavy atom. The standard InChI is InChI=1S/C20H26N4O2/c1-23(2)18-13-21-14-19(22-18)26-17-11-12-24(15-17)20(25)10-6-9-16-7-4-3-5-8-16/h3-5,7-8,13-14,17H,6,9-12,15H2,1-2H3. The quantitative estimate of drug-likeness (QED) is 0.765. The lowest BCUT2D eigenvalue weighted by atomic mass is 10.1. The second-order valence-electron chi connectivity index (χ2n) is 6.82. The van der Waals surface area contributed by atoms with Gasteiger partial charge in [0.2, 0.25) is 11.8 Å². The lowest BCUT2D eigenvalue weighted by molar-refractivity contribution is -0.130. The molecule has 1 unspecified atom stereocenters. The topological polar surface area (TPSA) is 58.6 Å². The van der Waals surface area contributed by atoms with Gasteiger partial charge in [0, 0.05) is 33.5 Å². The number of aryl methyl sites for hydroxylation is 1. The first-order valence-corrected chi connectivity index (χ1v) is 9.09. The number of carbonyl (C=O) groups is 1. The summed E-state index contributed by atoms with van der Waals surface area (Å²) in [5, 5.41) is 0. The van der Waals surface area contributed by atoms with Crippen LogP contribution < -0.4 is 9.64 Å². The van der Waals surface area contributed by atoms with Crippen molar-refractivity contribution in [2.75, 3.05) is 32.1 Å². The van der Waals surface area contributed by atoms with Crippen LogP contribution in [0.1, 0.15) is 24.8 Å². The lowest BCUT2D eigenvalue weighted by Crippen LogP contribution is -2.31. The molecule has 0 bridgehead atoms. The number of carbonyl (C=O) groups excluding carboxylic acids is 1. The molecule has 1 fully saturated rings. The summed E-state index contributed by atoms with van der Waals surface area (Å²) in [6.45, 7) is 1.37. The highest BCUT2D eigenvalue weighted by atomic mass is 16.5. The monoisotopic (exact) mass is 354 g/mol. The molecule has 1 aromatic carbocycles. The average molecular weight is 354 g/mol. The van der Waals surface area contributed by atoms with E-state index in [2.05, 4.69) is 22.1 Å². The molecule has 1 saturated heterocycles. The van der Waals surface area contributed by atoms with Gasteiger partial charge in [-0.05, 0) is 18.4 Å². The molecule has 1 aliphatic heterocycles. The van der Waals surface area contributed by atoms with Crippen molar-refractivity contribution in [2.45, 2.75) is 31.8 Å². The van der Waals surface area contributed by atoms with E-state index >= 15 is 0 Å². The van der Waals surface area contributed by atoms with E-state index in [9.17, 15) is 4.79 Å². The third kappa shape index (κ3) is 4.94. The molecule has 1 aliphatic rings. The zero-order valence-electron chi connectivity index (χ0n) is 15.5. The smallest absolute Gasteiger partial charge is 0.234 e. The summed E-state index contributed by atoms with van der Waals surface area (Å²) in [4.78, 5) is 24.8. The number of ether oxygens (including phenoxy) is 1. The Labute approximate surface area is 154 Å². The van der Waals surface area contributed by atoms with Gasteiger partial charge < -0.3 is 14.5 Å². The number of hydrogen-bond acceptors (Lipinski definition) is 5. The number of rotatable bonds is 7. The predicted octanol–water partition coefficient (Wildman–Crippen LogP) is 2.55. The minimum atomic E-state index is -0.0141. The summed E-state index contributed by atoms with van der Waals surface area (Å²) < 4.78 is 5.93. The zero-order valence-corrected chi connectivity index (χ0v) is 15.5. The maximum atomic E-state index is 12.4. The molecule has 2 heterocycles. The van der Waals surface area contributed by atoms with E-state index in [0.29, 0.717) is 18.8 Å². The summed E-state index contributed by atoms with van der Waals surface area (Å²) in [5.74, 6) is 1.48. The molecule has 26 heavy (non-hydrogen) atoms. The minimum Gasteiger partial charge on any atom is -0.471 e. The van der Waals surface area contributed by atoms with Gasteiger partial charge in [-0.1, -0.05) is 30.3 Å². The zero-order chi connectivity index (χ0) is 18.4. The molecule has 0 aliphatic carbocycles. The number of benzene rings is 1. The lowest BCUT2D eigenvalue weighted by Gasteiger charge is -2.17. The number of anilines is 1. The van der Waals surface area contributed by atoms with Crippen LogP contribution in [0.15, 0.2) is 42.7 Å². The van der Waals surface area contributed by atoms with Gasteiger partial charge in [-0.15, -0.1) is 0 Å². The van der Waals surface area contributed by atoms with Crippen LogP contribution in [0.4, 0.5) is 5.82 Å². The summed E-state index contributed by atoms with van der Waals surface area (Å²) in [5.41, 5.74) is 1.28. The van der Waals surface area contributed by atoms with Gasteiger partial charge >= 0.3 is 0 Å². The molecule has 1 amide bonds. The van der Waals surface area contributed by atoms with Crippen molar-refractivity contribution in [2.24, 2.45) is 0 Å². The second kappa shape index (κ2) is 8.65. The number of hydrogen-bond donors (Lipinski definition) is 0. The van der Waals surface area contributed by atoms with Crippen LogP contribution in [0.3, 0.4) is 0 Å². The van der Waals surface area contributed by atoms with Crippen LogP contribution in [0.2, 0.25) is 0 Å². The highest BCUT2D eigenvalue weighted by Gasteiger charge is 2.27. The first kappa shape index (κ1) is 18.2. The van der Waals surface area contributed by atoms with Crippen LogP contribution in [-0.2, 0) is 11.2 Å². The Morgan fingerprint density at radius 3 is 2.85 bits per heavy atom. The fourth-order valence-corrected chi connectivity index (χ4v) is 3.08. The Hall–Kier alpha value is -2.63. The summed E-state index contributed by atoms with van der Waals surface area (Å²) in [6.07, 6.45) is 6.53. The van der Waals surface area contributed by atoms with Gasteiger partial charge in [-0.2, -0.15) is 4.98 Å². The molecule has 6 nitrogen and oxygen atoms in total. The van der Waals surface area contributed by atoms with Crippen molar-refractivity contribution in [3.8, 4) is 5.88 Å². The number of amides is 1. The fourth-order valence-electron chi connectivity index (χ4n) is 3.08. The highest BCUT2D eigenvalue weighted by molar-refractivity contribution is 5.76. The molecule has 1 atom stereocenters. The van der Waals surface area contributed by atoms with Gasteiger partial charge in [0.1, 0.15) is 6.10 Å². The molecule has 138 valence electrons. The molecule has 0 saturated carbocycles. The molecule has 2 aromatic rings. The van der Waals surface area contributed by atoms with E-state index in [-0.39, 0.29) is 12.0 Å². The van der Waals surface area contributed by atoms with Crippen LogP contribution >= 0.6 is 0 Å². The second-order valence-corrected chi connectivity index (χ2v) is 6.82. The Morgan fingerprint density at radius 1 is 1.27 bits per heavy atom. The molecule has 0 spiro atoms. The van der Waals surface area contributed by atoms with Gasteiger partial charge in [0.15, 0.2) is 5.82 Å². The molecule has 6 heteroatoms. The maximum Gasteiger partial charge on any atom is 0.234 e. The van der Waals surface area contributed by atoms with E-state index in [1.807, 2.05) is 42.1 Å². The number of likely N-dealkylation sites (tertiary alicyclic amines) is 1. The van der Waals surface area contributed by atoms with E-state index < -0.39 is 0 Å². The Balaban J connectivity index is 1.44. The molecular weight excluding hydrogens is 328 g/mol. The largest absolute Gasteiger partial charge is 0.471 e. The van der Waals surface area contributed by atoms with Crippen molar-refractivity contribution in [3.63, 3.8) is 0 Å². The predicted molar refractivity (Wildman–Crippen MR) is 101 cm³/mol. The molecule has 3 rings (SSSR count). The molecule has 0 N–H and O–H groups in total. The third-order valence-corrected chi connectivity index (χ3v) is 4.54. The fraction of sp³-hybridized carbons (Fsp3) is 0.450. The first-order chi connectivity index (χ1) is 12.6. The summed E-state index contributed by atoms with van der Waals surface area (Å²) in [7, 11) is 3.83. The van der Waals surface area contributed by atoms with Crippen LogP contribution in [0, 0.1) is 0 Å². The van der Waals surface area contributed by atoms with Crippen LogP contribution in [-0.4, -0.2) is 54.1 Å². The number of aromatic nitrogens is 2. The Kier molecular flexibility index (Phi) is 6.04. The summed E-state index contributed by atoms with van der Waals surface area (Å²) in [6, 6.07) is 10.3. The minimum absolute atomic E-state index is 0.0141. The van der Waals surface area contributed by atoms with Crippen molar-refractivity contribution in [1.29, 1.82) is 0 Å². The van der Waals surface area contributed by atoms with Crippen molar-refractivity contribution < 1.29 is 9.53 Å². The van der Waals surface area contributed by atoms with Gasteiger partial charge in [-0.25, -0.2) is 0 Å². The SMILES string of the molecule is CN(C)c1cncc(OC2CCN(C(=O)CCCc3ccccc3)C2)n1. The van der Waals surface area contributed by atoms with Crippen molar-refractivity contribution in [3.05, 3.63) is 48.3 Å². The molecule has 0 radical (unpaired) electrons. The molecule has 1 aromatic heterocycles. The number of nitrogens with zero attached hydrogens (tertiary/aromatic N) is 4. The normalized spacial score (nSPS) is 16.5. The maximum absolute atomic E-state index is 12.4. The van der Waals surface area contributed by atoms with Gasteiger partial charge in [0.05, 0.1) is 18.9 Å². The third-order valence-electron chi connectivity index (χ3n) is 4.54. The van der Waals surface area contributed by atoms with Crippen molar-refractivity contribution >= 4 is 11.7 Å². The summed E-state index contributed by atoms with van der Waals surface area (Å²) >= 11 is 0.